The first kappa shape index (κ1) is 22.3. The van der Waals surface area contributed by atoms with Gasteiger partial charge in [0.1, 0.15) is 11.2 Å². The zero-order valence-corrected chi connectivity index (χ0v) is 21.0. The first-order valence-electron chi connectivity index (χ1n) is 13.0. The molecule has 2 N–H and O–H groups in total. The highest BCUT2D eigenvalue weighted by molar-refractivity contribution is 5.96. The van der Waals surface area contributed by atoms with Gasteiger partial charge in [-0.05, 0) is 50.7 Å². The molecule has 5 aromatic heterocycles. The van der Waals surface area contributed by atoms with Crippen molar-refractivity contribution in [3.8, 4) is 22.8 Å². The van der Waals surface area contributed by atoms with Gasteiger partial charge in [-0.15, -0.1) is 0 Å². The van der Waals surface area contributed by atoms with Gasteiger partial charge in [0, 0.05) is 56.1 Å². The number of pyridine rings is 3. The number of likely N-dealkylation sites (N-methyl/N-ethyl adjacent to an activating group) is 1. The van der Waals surface area contributed by atoms with Crippen molar-refractivity contribution in [3.63, 3.8) is 0 Å². The van der Waals surface area contributed by atoms with Gasteiger partial charge in [0.05, 0.1) is 41.0 Å². The summed E-state index contributed by atoms with van der Waals surface area (Å²) in [5.41, 5.74) is 7.66. The third kappa shape index (κ3) is 4.21. The SMILES string of the molecule is CN1CCN(c2cncc3[nH]c(-c4n[nH]c5cnc(-c6cncc(CN7CCCC7)c6)cc45)nc23)CC1. The van der Waals surface area contributed by atoms with Gasteiger partial charge in [-0.2, -0.15) is 5.10 Å². The highest BCUT2D eigenvalue weighted by Gasteiger charge is 2.21. The quantitative estimate of drug-likeness (QED) is 0.383. The maximum atomic E-state index is 5.00. The molecule has 2 aliphatic heterocycles. The number of rotatable bonds is 5. The fraction of sp³-hybridized carbons (Fsp3) is 0.370. The summed E-state index contributed by atoms with van der Waals surface area (Å²) in [4.78, 5) is 29.4. The van der Waals surface area contributed by atoms with Crippen LogP contribution in [0.5, 0.6) is 0 Å². The van der Waals surface area contributed by atoms with Crippen LogP contribution in [0.3, 0.4) is 0 Å². The van der Waals surface area contributed by atoms with Crippen LogP contribution in [-0.2, 0) is 6.54 Å². The minimum atomic E-state index is 0.725. The number of imidazole rings is 1. The van der Waals surface area contributed by atoms with Crippen LogP contribution in [-0.4, -0.2) is 91.2 Å². The summed E-state index contributed by atoms with van der Waals surface area (Å²) in [6.45, 7) is 7.24. The van der Waals surface area contributed by atoms with Crippen molar-refractivity contribution in [1.29, 1.82) is 0 Å². The molecule has 0 aliphatic carbocycles. The van der Waals surface area contributed by atoms with E-state index in [4.69, 9.17) is 9.97 Å². The van der Waals surface area contributed by atoms with Gasteiger partial charge < -0.3 is 14.8 Å². The van der Waals surface area contributed by atoms with Crippen LogP contribution in [0.15, 0.2) is 43.1 Å². The van der Waals surface area contributed by atoms with Gasteiger partial charge in [0.2, 0.25) is 0 Å². The van der Waals surface area contributed by atoms with E-state index in [-0.39, 0.29) is 0 Å². The van der Waals surface area contributed by atoms with Crippen molar-refractivity contribution in [2.45, 2.75) is 19.4 Å². The monoisotopic (exact) mass is 494 g/mol. The van der Waals surface area contributed by atoms with E-state index in [9.17, 15) is 0 Å². The maximum Gasteiger partial charge on any atom is 0.159 e. The predicted octanol–water partition coefficient (Wildman–Crippen LogP) is 3.31. The van der Waals surface area contributed by atoms with Gasteiger partial charge in [0.15, 0.2) is 5.82 Å². The van der Waals surface area contributed by atoms with E-state index in [1.54, 1.807) is 0 Å². The second-order valence-electron chi connectivity index (χ2n) is 10.2. The van der Waals surface area contributed by atoms with Crippen molar-refractivity contribution in [2.24, 2.45) is 0 Å². The molecule has 0 bridgehead atoms. The maximum absolute atomic E-state index is 5.00. The Bertz CT molecular complexity index is 1560. The Morgan fingerprint density at radius 1 is 0.865 bits per heavy atom. The minimum absolute atomic E-state index is 0.725. The van der Waals surface area contributed by atoms with Crippen LogP contribution >= 0.6 is 0 Å². The number of likely N-dealkylation sites (tertiary alicyclic amines) is 1. The molecule has 7 rings (SSSR count). The summed E-state index contributed by atoms with van der Waals surface area (Å²) in [7, 11) is 2.16. The van der Waals surface area contributed by atoms with E-state index in [1.807, 2.05) is 31.0 Å². The molecule has 37 heavy (non-hydrogen) atoms. The molecule has 188 valence electrons. The largest absolute Gasteiger partial charge is 0.366 e. The van der Waals surface area contributed by atoms with E-state index in [0.717, 1.165) is 96.2 Å². The average Bonchev–Trinajstić information content (AvgIpc) is 3.68. The lowest BCUT2D eigenvalue weighted by Gasteiger charge is -2.33. The van der Waals surface area contributed by atoms with Crippen molar-refractivity contribution in [3.05, 3.63) is 48.7 Å². The van der Waals surface area contributed by atoms with E-state index >= 15 is 0 Å². The molecule has 0 spiro atoms. The number of aromatic amines is 2. The van der Waals surface area contributed by atoms with Crippen LogP contribution in [0.1, 0.15) is 18.4 Å². The molecule has 2 aliphatic rings. The highest BCUT2D eigenvalue weighted by Crippen LogP contribution is 2.32. The van der Waals surface area contributed by atoms with Gasteiger partial charge in [0.25, 0.3) is 0 Å². The lowest BCUT2D eigenvalue weighted by molar-refractivity contribution is 0.313. The molecular weight excluding hydrogens is 464 g/mol. The fourth-order valence-electron chi connectivity index (χ4n) is 5.48. The average molecular weight is 495 g/mol. The Balaban J connectivity index is 1.24. The third-order valence-corrected chi connectivity index (χ3v) is 7.59. The summed E-state index contributed by atoms with van der Waals surface area (Å²) in [5, 5.41) is 8.71. The molecule has 10 heteroatoms. The zero-order valence-electron chi connectivity index (χ0n) is 21.0. The second kappa shape index (κ2) is 9.20. The lowest BCUT2D eigenvalue weighted by Crippen LogP contribution is -2.44. The molecular formula is C27H30N10. The summed E-state index contributed by atoms with van der Waals surface area (Å²) in [6.07, 6.45) is 12.0. The van der Waals surface area contributed by atoms with Gasteiger partial charge >= 0.3 is 0 Å². The summed E-state index contributed by atoms with van der Waals surface area (Å²) >= 11 is 0. The number of anilines is 1. The first-order chi connectivity index (χ1) is 18.2. The van der Waals surface area contributed by atoms with Crippen LogP contribution < -0.4 is 4.90 Å². The van der Waals surface area contributed by atoms with Gasteiger partial charge in [-0.1, -0.05) is 0 Å². The number of nitrogens with one attached hydrogen (secondary N) is 2. The van der Waals surface area contributed by atoms with Crippen LogP contribution in [0.25, 0.3) is 44.7 Å². The molecule has 7 heterocycles. The molecule has 2 fully saturated rings. The Kier molecular flexibility index (Phi) is 5.55. The Hall–Kier alpha value is -3.89. The number of piperazine rings is 1. The topological polar surface area (TPSA) is 106 Å². The van der Waals surface area contributed by atoms with Crippen LogP contribution in [0.4, 0.5) is 5.69 Å². The summed E-state index contributed by atoms with van der Waals surface area (Å²) < 4.78 is 0. The fourth-order valence-corrected chi connectivity index (χ4v) is 5.48. The van der Waals surface area contributed by atoms with Crippen LogP contribution in [0.2, 0.25) is 0 Å². The Labute approximate surface area is 214 Å². The number of hydrogen-bond donors (Lipinski definition) is 2. The molecule has 0 saturated carbocycles. The normalized spacial score (nSPS) is 17.4. The predicted molar refractivity (Wildman–Crippen MR) is 144 cm³/mol. The highest BCUT2D eigenvalue weighted by atomic mass is 15.3. The molecule has 0 amide bonds. The standard InChI is InChI=1S/C27H30N10/c1-35-6-8-37(9-7-35)24-16-29-14-23-26(24)32-27(31-23)25-20-11-21(30-15-22(20)33-34-25)19-10-18(12-28-13-19)17-36-4-2-3-5-36/h10-16H,2-9,17H2,1H3,(H,31,32)(H,33,34). The number of H-pyrrole nitrogens is 2. The molecule has 0 radical (unpaired) electrons. The van der Waals surface area contributed by atoms with Crippen LogP contribution in [0, 0.1) is 0 Å². The van der Waals surface area contributed by atoms with E-state index in [0.29, 0.717) is 0 Å². The van der Waals surface area contributed by atoms with E-state index < -0.39 is 0 Å². The van der Waals surface area contributed by atoms with Crippen molar-refractivity contribution in [1.82, 2.24) is 44.9 Å². The lowest BCUT2D eigenvalue weighted by atomic mass is 10.1. The van der Waals surface area contributed by atoms with Crippen molar-refractivity contribution >= 4 is 27.6 Å². The summed E-state index contributed by atoms with van der Waals surface area (Å²) in [5.74, 6) is 0.725. The molecule has 0 atom stereocenters. The number of aromatic nitrogens is 7. The second-order valence-corrected chi connectivity index (χ2v) is 10.2. The third-order valence-electron chi connectivity index (χ3n) is 7.59. The van der Waals surface area contributed by atoms with E-state index in [2.05, 4.69) is 59.0 Å². The number of hydrogen-bond acceptors (Lipinski definition) is 8. The first-order valence-corrected chi connectivity index (χ1v) is 13.0. The smallest absolute Gasteiger partial charge is 0.159 e. The summed E-state index contributed by atoms with van der Waals surface area (Å²) in [6, 6.07) is 4.28. The molecule has 10 nitrogen and oxygen atoms in total. The molecule has 5 aromatic rings. The number of fused-ring (bicyclic) bond motifs is 2. The Morgan fingerprint density at radius 3 is 2.57 bits per heavy atom. The molecule has 0 aromatic carbocycles. The van der Waals surface area contributed by atoms with Crippen molar-refractivity contribution < 1.29 is 0 Å². The minimum Gasteiger partial charge on any atom is -0.366 e. The van der Waals surface area contributed by atoms with Gasteiger partial charge in [-0.3, -0.25) is 25.0 Å². The Morgan fingerprint density at radius 2 is 1.70 bits per heavy atom. The van der Waals surface area contributed by atoms with Crippen molar-refractivity contribution in [2.75, 3.05) is 51.2 Å². The molecule has 0 unspecified atom stereocenters. The zero-order chi connectivity index (χ0) is 24.8. The number of nitrogens with zero attached hydrogens (tertiary/aromatic N) is 8. The van der Waals surface area contributed by atoms with Gasteiger partial charge in [-0.25, -0.2) is 4.98 Å². The molecule has 2 saturated heterocycles. The van der Waals surface area contributed by atoms with E-state index in [1.165, 1.54) is 18.4 Å².